The highest BCUT2D eigenvalue weighted by Crippen LogP contribution is 2.27. The van der Waals surface area contributed by atoms with Crippen molar-refractivity contribution in [2.45, 2.75) is 25.9 Å². The Bertz CT molecular complexity index is 616. The van der Waals surface area contributed by atoms with Crippen molar-refractivity contribution in [3.8, 4) is 11.5 Å². The highest BCUT2D eigenvalue weighted by molar-refractivity contribution is 5.43. The summed E-state index contributed by atoms with van der Waals surface area (Å²) in [5.74, 6) is 1.27. The average molecular weight is 303 g/mol. The molecule has 0 aromatic heterocycles. The van der Waals surface area contributed by atoms with E-state index in [9.17, 15) is 4.39 Å². The van der Waals surface area contributed by atoms with E-state index < -0.39 is 0 Å². The lowest BCUT2D eigenvalue weighted by atomic mass is 10.1. The summed E-state index contributed by atoms with van der Waals surface area (Å²) >= 11 is 0. The SMILES string of the molecule is COc1ccc(C[C@@H](C)NCc2ccccc2F)cc1OC. The summed E-state index contributed by atoms with van der Waals surface area (Å²) < 4.78 is 24.1. The van der Waals surface area contributed by atoms with Gasteiger partial charge in [-0.25, -0.2) is 4.39 Å². The third kappa shape index (κ3) is 4.21. The molecule has 3 nitrogen and oxygen atoms in total. The number of rotatable bonds is 7. The van der Waals surface area contributed by atoms with Crippen LogP contribution in [0.2, 0.25) is 0 Å². The van der Waals surface area contributed by atoms with Gasteiger partial charge in [0.25, 0.3) is 0 Å². The molecule has 1 N–H and O–H groups in total. The van der Waals surface area contributed by atoms with Crippen LogP contribution in [0.3, 0.4) is 0 Å². The van der Waals surface area contributed by atoms with Crippen molar-refractivity contribution < 1.29 is 13.9 Å². The Labute approximate surface area is 131 Å². The fourth-order valence-electron chi connectivity index (χ4n) is 2.36. The van der Waals surface area contributed by atoms with E-state index in [1.165, 1.54) is 6.07 Å². The predicted octanol–water partition coefficient (Wildman–Crippen LogP) is 3.56. The quantitative estimate of drug-likeness (QED) is 0.848. The van der Waals surface area contributed by atoms with Crippen LogP contribution in [0.1, 0.15) is 18.1 Å². The van der Waals surface area contributed by atoms with Crippen molar-refractivity contribution >= 4 is 0 Å². The summed E-state index contributed by atoms with van der Waals surface area (Å²) in [5, 5.41) is 3.34. The van der Waals surface area contributed by atoms with E-state index in [-0.39, 0.29) is 11.9 Å². The molecule has 118 valence electrons. The second kappa shape index (κ2) is 7.80. The fraction of sp³-hybridized carbons (Fsp3) is 0.333. The van der Waals surface area contributed by atoms with Gasteiger partial charge in [0, 0.05) is 18.2 Å². The minimum atomic E-state index is -0.173. The highest BCUT2D eigenvalue weighted by atomic mass is 19.1. The molecular weight excluding hydrogens is 281 g/mol. The molecule has 0 spiro atoms. The third-order valence-electron chi connectivity index (χ3n) is 3.59. The maximum atomic E-state index is 13.6. The van der Waals surface area contributed by atoms with Gasteiger partial charge in [-0.05, 0) is 37.1 Å². The first-order valence-corrected chi connectivity index (χ1v) is 7.31. The van der Waals surface area contributed by atoms with E-state index in [0.29, 0.717) is 12.1 Å². The zero-order valence-corrected chi connectivity index (χ0v) is 13.2. The van der Waals surface area contributed by atoms with Gasteiger partial charge in [0.2, 0.25) is 0 Å². The summed E-state index contributed by atoms with van der Waals surface area (Å²) in [6.07, 6.45) is 0.828. The Morgan fingerprint density at radius 1 is 1.05 bits per heavy atom. The first-order valence-electron chi connectivity index (χ1n) is 7.31. The minimum Gasteiger partial charge on any atom is -0.493 e. The number of hydrogen-bond donors (Lipinski definition) is 1. The van der Waals surface area contributed by atoms with E-state index in [4.69, 9.17) is 9.47 Å². The highest BCUT2D eigenvalue weighted by Gasteiger charge is 2.09. The standard InChI is InChI=1S/C18H22FNO2/c1-13(20-12-15-6-4-5-7-16(15)19)10-14-8-9-17(21-2)18(11-14)22-3/h4-9,11,13,20H,10,12H2,1-3H3/t13-/m1/s1. The smallest absolute Gasteiger partial charge is 0.160 e. The van der Waals surface area contributed by atoms with Crippen molar-refractivity contribution in [1.29, 1.82) is 0 Å². The second-order valence-corrected chi connectivity index (χ2v) is 5.27. The van der Waals surface area contributed by atoms with Gasteiger partial charge in [-0.3, -0.25) is 0 Å². The van der Waals surface area contributed by atoms with Crippen LogP contribution in [0.4, 0.5) is 4.39 Å². The fourth-order valence-corrected chi connectivity index (χ4v) is 2.36. The van der Waals surface area contributed by atoms with Crippen LogP contribution >= 0.6 is 0 Å². The zero-order chi connectivity index (χ0) is 15.9. The molecule has 4 heteroatoms. The van der Waals surface area contributed by atoms with Gasteiger partial charge in [-0.2, -0.15) is 0 Å². The lowest BCUT2D eigenvalue weighted by Gasteiger charge is -2.15. The maximum absolute atomic E-state index is 13.6. The minimum absolute atomic E-state index is 0.173. The van der Waals surface area contributed by atoms with Gasteiger partial charge in [0.1, 0.15) is 5.82 Å². The normalized spacial score (nSPS) is 12.0. The summed E-state index contributed by atoms with van der Waals surface area (Å²) in [6, 6.07) is 12.9. The van der Waals surface area contributed by atoms with Gasteiger partial charge in [-0.15, -0.1) is 0 Å². The Hall–Kier alpha value is -2.07. The molecule has 0 bridgehead atoms. The molecule has 0 aliphatic rings. The van der Waals surface area contributed by atoms with E-state index in [2.05, 4.69) is 12.2 Å². The second-order valence-electron chi connectivity index (χ2n) is 5.27. The Morgan fingerprint density at radius 3 is 2.45 bits per heavy atom. The molecular formula is C18H22FNO2. The number of benzene rings is 2. The summed E-state index contributed by atoms with van der Waals surface area (Å²) in [7, 11) is 3.25. The van der Waals surface area contributed by atoms with E-state index >= 15 is 0 Å². The Morgan fingerprint density at radius 2 is 1.77 bits per heavy atom. The van der Waals surface area contributed by atoms with Crippen LogP contribution in [-0.2, 0) is 13.0 Å². The number of ether oxygens (including phenoxy) is 2. The van der Waals surface area contributed by atoms with Gasteiger partial charge in [0.05, 0.1) is 14.2 Å². The molecule has 0 heterocycles. The average Bonchev–Trinajstić information content (AvgIpc) is 2.54. The third-order valence-corrected chi connectivity index (χ3v) is 3.59. The largest absolute Gasteiger partial charge is 0.493 e. The van der Waals surface area contributed by atoms with Crippen LogP contribution < -0.4 is 14.8 Å². The van der Waals surface area contributed by atoms with E-state index in [1.54, 1.807) is 26.4 Å². The van der Waals surface area contributed by atoms with Crippen LogP contribution in [-0.4, -0.2) is 20.3 Å². The van der Waals surface area contributed by atoms with Crippen LogP contribution in [0.25, 0.3) is 0 Å². The summed E-state index contributed by atoms with van der Waals surface area (Å²) in [6.45, 7) is 2.60. The molecule has 0 amide bonds. The van der Waals surface area contributed by atoms with Gasteiger partial charge in [0.15, 0.2) is 11.5 Å². The van der Waals surface area contributed by atoms with Crippen molar-refractivity contribution in [2.24, 2.45) is 0 Å². The van der Waals surface area contributed by atoms with Crippen molar-refractivity contribution in [1.82, 2.24) is 5.32 Å². The molecule has 2 aromatic rings. The van der Waals surface area contributed by atoms with Crippen LogP contribution in [0.5, 0.6) is 11.5 Å². The molecule has 0 radical (unpaired) electrons. The zero-order valence-electron chi connectivity index (χ0n) is 13.2. The molecule has 1 atom stereocenters. The lowest BCUT2D eigenvalue weighted by Crippen LogP contribution is -2.27. The first-order chi connectivity index (χ1) is 10.6. The summed E-state index contributed by atoms with van der Waals surface area (Å²) in [5.41, 5.74) is 1.83. The molecule has 22 heavy (non-hydrogen) atoms. The van der Waals surface area contributed by atoms with E-state index in [0.717, 1.165) is 23.5 Å². The molecule has 0 saturated heterocycles. The molecule has 0 unspecified atom stereocenters. The topological polar surface area (TPSA) is 30.5 Å². The monoisotopic (exact) mass is 303 g/mol. The molecule has 0 aliphatic heterocycles. The molecule has 2 aromatic carbocycles. The van der Waals surface area contributed by atoms with Crippen LogP contribution in [0.15, 0.2) is 42.5 Å². The molecule has 0 saturated carbocycles. The van der Waals surface area contributed by atoms with Gasteiger partial charge < -0.3 is 14.8 Å². The van der Waals surface area contributed by atoms with Crippen molar-refractivity contribution in [2.75, 3.05) is 14.2 Å². The van der Waals surface area contributed by atoms with Gasteiger partial charge >= 0.3 is 0 Å². The number of methoxy groups -OCH3 is 2. The number of nitrogens with one attached hydrogen (secondary N) is 1. The Kier molecular flexibility index (Phi) is 5.78. The summed E-state index contributed by atoms with van der Waals surface area (Å²) in [4.78, 5) is 0. The van der Waals surface area contributed by atoms with Gasteiger partial charge in [-0.1, -0.05) is 24.3 Å². The van der Waals surface area contributed by atoms with E-state index in [1.807, 2.05) is 24.3 Å². The maximum Gasteiger partial charge on any atom is 0.160 e. The molecule has 2 rings (SSSR count). The number of halogens is 1. The first kappa shape index (κ1) is 16.3. The molecule has 0 fully saturated rings. The lowest BCUT2D eigenvalue weighted by molar-refractivity contribution is 0.354. The number of hydrogen-bond acceptors (Lipinski definition) is 3. The Balaban J connectivity index is 1.94. The van der Waals surface area contributed by atoms with Crippen LogP contribution in [0, 0.1) is 5.82 Å². The van der Waals surface area contributed by atoms with Crippen molar-refractivity contribution in [3.05, 3.63) is 59.4 Å². The molecule has 0 aliphatic carbocycles. The predicted molar refractivity (Wildman–Crippen MR) is 86.0 cm³/mol. The van der Waals surface area contributed by atoms with Crippen molar-refractivity contribution in [3.63, 3.8) is 0 Å².